The van der Waals surface area contributed by atoms with Crippen LogP contribution in [-0.2, 0) is 16.6 Å². The van der Waals surface area contributed by atoms with Crippen LogP contribution in [0.3, 0.4) is 0 Å². The average Bonchev–Trinajstić information content (AvgIpc) is 3.18. The van der Waals surface area contributed by atoms with Gasteiger partial charge in [0.05, 0.1) is 6.42 Å². The normalized spacial score (nSPS) is 11.7. The quantitative estimate of drug-likeness (QED) is 0.384. The van der Waals surface area contributed by atoms with Gasteiger partial charge in [0.2, 0.25) is 0 Å². The van der Waals surface area contributed by atoms with Gasteiger partial charge in [-0.1, -0.05) is 56.8 Å². The minimum absolute atomic E-state index is 0.0742. The number of carbonyl (C=O) groups is 1. The van der Waals surface area contributed by atoms with Crippen LogP contribution in [-0.4, -0.2) is 31.2 Å². The van der Waals surface area contributed by atoms with Crippen molar-refractivity contribution in [2.24, 2.45) is 0 Å². The zero-order valence-electron chi connectivity index (χ0n) is 18.2. The van der Waals surface area contributed by atoms with Gasteiger partial charge in [0.25, 0.3) is 0 Å². The topological polar surface area (TPSA) is 88.2 Å². The molecule has 4 rings (SSSR count). The SMILES string of the molecule is CCC(C)(C)c1cc(CC(=O)O)cc(-n2nc3ccc(Sc4ccccc4)cc3n2)c1O. The van der Waals surface area contributed by atoms with Crippen molar-refractivity contribution in [3.63, 3.8) is 0 Å². The molecule has 1 aromatic heterocycles. The lowest BCUT2D eigenvalue weighted by molar-refractivity contribution is -0.136. The molecule has 2 N–H and O–H groups in total. The summed E-state index contributed by atoms with van der Waals surface area (Å²) in [5, 5.41) is 29.6. The fourth-order valence-corrected chi connectivity index (χ4v) is 4.38. The summed E-state index contributed by atoms with van der Waals surface area (Å²) in [5.74, 6) is -0.853. The summed E-state index contributed by atoms with van der Waals surface area (Å²) in [5.41, 5.74) is 2.74. The number of rotatable bonds is 7. The molecule has 0 spiro atoms. The van der Waals surface area contributed by atoms with Crippen molar-refractivity contribution in [3.05, 3.63) is 71.8 Å². The van der Waals surface area contributed by atoms with Crippen molar-refractivity contribution >= 4 is 28.8 Å². The molecule has 4 aromatic rings. The lowest BCUT2D eigenvalue weighted by atomic mass is 9.80. The summed E-state index contributed by atoms with van der Waals surface area (Å²) in [4.78, 5) is 14.9. The molecule has 0 aliphatic rings. The van der Waals surface area contributed by atoms with Gasteiger partial charge in [-0.15, -0.1) is 15.0 Å². The van der Waals surface area contributed by atoms with Gasteiger partial charge in [-0.25, -0.2) is 0 Å². The van der Waals surface area contributed by atoms with Crippen molar-refractivity contribution < 1.29 is 15.0 Å². The number of carboxylic acids is 1. The van der Waals surface area contributed by atoms with Gasteiger partial charge in [0.1, 0.15) is 22.5 Å². The van der Waals surface area contributed by atoms with Crippen LogP contribution < -0.4 is 0 Å². The van der Waals surface area contributed by atoms with Gasteiger partial charge in [-0.3, -0.25) is 4.79 Å². The Kier molecular flexibility index (Phi) is 5.93. The zero-order valence-corrected chi connectivity index (χ0v) is 19.1. The highest BCUT2D eigenvalue weighted by Crippen LogP contribution is 2.38. The number of phenols is 1. The molecule has 32 heavy (non-hydrogen) atoms. The second kappa shape index (κ2) is 8.67. The highest BCUT2D eigenvalue weighted by molar-refractivity contribution is 7.99. The van der Waals surface area contributed by atoms with Crippen molar-refractivity contribution in [2.45, 2.75) is 48.8 Å². The van der Waals surface area contributed by atoms with Crippen molar-refractivity contribution in [2.75, 3.05) is 0 Å². The first-order valence-corrected chi connectivity index (χ1v) is 11.3. The Bertz CT molecular complexity index is 1280. The molecule has 7 heteroatoms. The summed E-state index contributed by atoms with van der Waals surface area (Å²) in [7, 11) is 0. The van der Waals surface area contributed by atoms with Crippen LogP contribution in [0.1, 0.15) is 38.3 Å². The molecule has 0 bridgehead atoms. The highest BCUT2D eigenvalue weighted by Gasteiger charge is 2.26. The number of aromatic hydroxyl groups is 1. The first-order valence-electron chi connectivity index (χ1n) is 10.5. The monoisotopic (exact) mass is 447 g/mol. The second-order valence-corrected chi connectivity index (χ2v) is 9.52. The summed E-state index contributed by atoms with van der Waals surface area (Å²) < 4.78 is 0. The molecule has 6 nitrogen and oxygen atoms in total. The number of fused-ring (bicyclic) bond motifs is 1. The predicted octanol–water partition coefficient (Wildman–Crippen LogP) is 5.59. The van der Waals surface area contributed by atoms with Crippen molar-refractivity contribution in [1.82, 2.24) is 15.0 Å². The highest BCUT2D eigenvalue weighted by atomic mass is 32.2. The largest absolute Gasteiger partial charge is 0.505 e. The minimum Gasteiger partial charge on any atom is -0.505 e. The van der Waals surface area contributed by atoms with Gasteiger partial charge in [0.15, 0.2) is 0 Å². The third-order valence-electron chi connectivity index (χ3n) is 5.66. The molecule has 0 saturated heterocycles. The summed E-state index contributed by atoms with van der Waals surface area (Å²) in [6.45, 7) is 6.09. The Hall–Kier alpha value is -3.32. The van der Waals surface area contributed by atoms with Crippen LogP contribution >= 0.6 is 11.8 Å². The molecule has 3 aromatic carbocycles. The average molecular weight is 448 g/mol. The molecular formula is C25H25N3O3S. The maximum atomic E-state index is 11.4. The molecule has 0 aliphatic carbocycles. The van der Waals surface area contributed by atoms with Crippen LogP contribution in [0.5, 0.6) is 5.75 Å². The number of aliphatic carboxylic acids is 1. The van der Waals surface area contributed by atoms with Crippen LogP contribution in [0.2, 0.25) is 0 Å². The van der Waals surface area contributed by atoms with E-state index in [0.29, 0.717) is 27.8 Å². The van der Waals surface area contributed by atoms with Crippen LogP contribution in [0.4, 0.5) is 0 Å². The van der Waals surface area contributed by atoms with E-state index in [1.165, 1.54) is 4.80 Å². The molecule has 164 valence electrons. The molecule has 0 atom stereocenters. The smallest absolute Gasteiger partial charge is 0.307 e. The van der Waals surface area contributed by atoms with E-state index in [0.717, 1.165) is 16.2 Å². The van der Waals surface area contributed by atoms with Gasteiger partial charge in [-0.2, -0.15) is 0 Å². The van der Waals surface area contributed by atoms with E-state index in [1.807, 2.05) is 57.2 Å². The second-order valence-electron chi connectivity index (χ2n) is 8.37. The van der Waals surface area contributed by atoms with E-state index >= 15 is 0 Å². The summed E-state index contributed by atoms with van der Waals surface area (Å²) in [6.07, 6.45) is 0.643. The van der Waals surface area contributed by atoms with Gasteiger partial charge >= 0.3 is 5.97 Å². The van der Waals surface area contributed by atoms with E-state index < -0.39 is 5.97 Å². The van der Waals surface area contributed by atoms with E-state index in [2.05, 4.69) is 22.3 Å². The van der Waals surface area contributed by atoms with Crippen LogP contribution in [0.25, 0.3) is 16.7 Å². The number of hydrogen-bond donors (Lipinski definition) is 2. The first-order chi connectivity index (χ1) is 15.3. The van der Waals surface area contributed by atoms with Gasteiger partial charge in [0, 0.05) is 15.4 Å². The van der Waals surface area contributed by atoms with Gasteiger partial charge in [-0.05, 0) is 53.8 Å². The molecule has 0 amide bonds. The number of aromatic nitrogens is 3. The van der Waals surface area contributed by atoms with E-state index in [-0.39, 0.29) is 17.6 Å². The van der Waals surface area contributed by atoms with Crippen molar-refractivity contribution in [3.8, 4) is 11.4 Å². The number of phenolic OH excluding ortho intramolecular Hbond substituents is 1. The summed E-state index contributed by atoms with van der Waals surface area (Å²) >= 11 is 1.64. The molecular weight excluding hydrogens is 422 g/mol. The molecule has 0 radical (unpaired) electrons. The van der Waals surface area contributed by atoms with Gasteiger partial charge < -0.3 is 10.2 Å². The molecule has 0 unspecified atom stereocenters. The molecule has 0 aliphatic heterocycles. The maximum Gasteiger partial charge on any atom is 0.307 e. The molecule has 0 saturated carbocycles. The lowest BCUT2D eigenvalue weighted by Crippen LogP contribution is -2.18. The standard InChI is InChI=1S/C25H25N3O3S/c1-4-25(2,3)19-12-16(14-23(29)30)13-22(24(19)31)28-26-20-11-10-18(15-21(20)27-28)32-17-8-6-5-7-9-17/h5-13,15,31H,4,14H2,1-3H3,(H,29,30). The minimum atomic E-state index is -0.928. The fraction of sp³-hybridized carbons (Fsp3) is 0.240. The van der Waals surface area contributed by atoms with E-state index in [9.17, 15) is 15.0 Å². The number of hydrogen-bond acceptors (Lipinski definition) is 5. The fourth-order valence-electron chi connectivity index (χ4n) is 3.50. The third kappa shape index (κ3) is 4.48. The van der Waals surface area contributed by atoms with Crippen LogP contribution in [0, 0.1) is 0 Å². The van der Waals surface area contributed by atoms with E-state index in [1.54, 1.807) is 23.9 Å². The lowest BCUT2D eigenvalue weighted by Gasteiger charge is -2.26. The number of nitrogens with zero attached hydrogens (tertiary/aromatic N) is 3. The third-order valence-corrected chi connectivity index (χ3v) is 6.66. The maximum absolute atomic E-state index is 11.4. The number of benzene rings is 3. The van der Waals surface area contributed by atoms with Crippen molar-refractivity contribution in [1.29, 1.82) is 0 Å². The Morgan fingerprint density at radius 3 is 2.41 bits per heavy atom. The first kappa shape index (κ1) is 21.9. The Labute approximate surface area is 190 Å². The number of carboxylic acid groups (broad SMARTS) is 1. The van der Waals surface area contributed by atoms with Crippen LogP contribution in [0.15, 0.2) is 70.5 Å². The van der Waals surface area contributed by atoms with E-state index in [4.69, 9.17) is 0 Å². The Balaban J connectivity index is 1.78. The Morgan fingerprint density at radius 1 is 1.00 bits per heavy atom. The Morgan fingerprint density at radius 2 is 1.72 bits per heavy atom. The molecule has 1 heterocycles. The zero-order chi connectivity index (χ0) is 22.9. The summed E-state index contributed by atoms with van der Waals surface area (Å²) in [6, 6.07) is 19.4. The molecule has 0 fully saturated rings. The predicted molar refractivity (Wildman–Crippen MR) is 126 cm³/mol.